The molecule has 1 N–H and O–H groups in total. The number of nitrogens with zero attached hydrogens (tertiary/aromatic N) is 2. The summed E-state index contributed by atoms with van der Waals surface area (Å²) in [5.41, 5.74) is 1.50. The van der Waals surface area contributed by atoms with Crippen molar-refractivity contribution in [1.29, 1.82) is 0 Å². The van der Waals surface area contributed by atoms with Crippen LogP contribution >= 0.6 is 11.8 Å². The molecule has 114 valence electrons. The highest BCUT2D eigenvalue weighted by molar-refractivity contribution is 8.00. The van der Waals surface area contributed by atoms with E-state index < -0.39 is 0 Å². The molecule has 0 spiro atoms. The average molecular weight is 315 g/mol. The maximum atomic E-state index is 11.9. The van der Waals surface area contributed by atoms with Crippen molar-refractivity contribution in [1.82, 2.24) is 4.98 Å². The first-order chi connectivity index (χ1) is 10.6. The van der Waals surface area contributed by atoms with Crippen LogP contribution in [-0.4, -0.2) is 29.6 Å². The molecule has 0 aliphatic heterocycles. The van der Waals surface area contributed by atoms with Gasteiger partial charge in [0.2, 0.25) is 11.8 Å². The van der Waals surface area contributed by atoms with Gasteiger partial charge in [-0.05, 0) is 36.4 Å². The zero-order chi connectivity index (χ0) is 15.9. The third-order valence-corrected chi connectivity index (χ3v) is 4.04. The van der Waals surface area contributed by atoms with Crippen LogP contribution in [0.5, 0.6) is 0 Å². The molecule has 5 nitrogen and oxygen atoms in total. The molecule has 0 saturated carbocycles. The van der Waals surface area contributed by atoms with Gasteiger partial charge < -0.3 is 10.2 Å². The third kappa shape index (κ3) is 4.60. The van der Waals surface area contributed by atoms with Crippen molar-refractivity contribution in [2.45, 2.75) is 11.8 Å². The van der Waals surface area contributed by atoms with E-state index in [0.717, 1.165) is 10.6 Å². The van der Waals surface area contributed by atoms with Crippen LogP contribution in [0.25, 0.3) is 0 Å². The fraction of sp³-hybridized carbons (Fsp3) is 0.188. The normalized spacial score (nSPS) is 10.1. The van der Waals surface area contributed by atoms with Gasteiger partial charge in [0.05, 0.1) is 5.75 Å². The summed E-state index contributed by atoms with van der Waals surface area (Å²) in [4.78, 5) is 29.7. The van der Waals surface area contributed by atoms with Gasteiger partial charge in [-0.15, -0.1) is 11.8 Å². The Bertz CT molecular complexity index is 644. The third-order valence-electron chi connectivity index (χ3n) is 3.03. The Morgan fingerprint density at radius 3 is 2.36 bits per heavy atom. The zero-order valence-corrected chi connectivity index (χ0v) is 13.3. The average Bonchev–Trinajstić information content (AvgIpc) is 2.54. The van der Waals surface area contributed by atoms with Crippen LogP contribution in [-0.2, 0) is 9.59 Å². The molecule has 2 amide bonds. The number of carbonyl (C=O) groups excluding carboxylic acids is 2. The Labute approximate surface area is 133 Å². The van der Waals surface area contributed by atoms with Crippen LogP contribution in [0.1, 0.15) is 6.92 Å². The number of pyridine rings is 1. The van der Waals surface area contributed by atoms with Gasteiger partial charge in [0, 0.05) is 42.6 Å². The molecule has 0 fully saturated rings. The molecule has 22 heavy (non-hydrogen) atoms. The van der Waals surface area contributed by atoms with Crippen LogP contribution in [0.3, 0.4) is 0 Å². The minimum Gasteiger partial charge on any atom is -0.325 e. The molecule has 0 aliphatic rings. The van der Waals surface area contributed by atoms with Crippen LogP contribution < -0.4 is 10.2 Å². The van der Waals surface area contributed by atoms with E-state index in [1.54, 1.807) is 48.6 Å². The lowest BCUT2D eigenvalue weighted by Gasteiger charge is -2.15. The minimum absolute atomic E-state index is 0.0365. The number of aromatic nitrogens is 1. The van der Waals surface area contributed by atoms with Crippen LogP contribution in [0.4, 0.5) is 11.4 Å². The van der Waals surface area contributed by atoms with Gasteiger partial charge in [0.25, 0.3) is 0 Å². The van der Waals surface area contributed by atoms with Gasteiger partial charge in [-0.25, -0.2) is 0 Å². The molecule has 2 aromatic rings. The largest absolute Gasteiger partial charge is 0.325 e. The maximum Gasteiger partial charge on any atom is 0.234 e. The molecule has 0 saturated heterocycles. The van der Waals surface area contributed by atoms with Gasteiger partial charge in [-0.2, -0.15) is 0 Å². The summed E-state index contributed by atoms with van der Waals surface area (Å²) in [6.07, 6.45) is 3.40. The number of amides is 2. The van der Waals surface area contributed by atoms with Crippen molar-refractivity contribution in [3.8, 4) is 0 Å². The first-order valence-corrected chi connectivity index (χ1v) is 7.72. The van der Waals surface area contributed by atoms with E-state index in [4.69, 9.17) is 0 Å². The van der Waals surface area contributed by atoms with E-state index in [-0.39, 0.29) is 11.8 Å². The highest BCUT2D eigenvalue weighted by Gasteiger charge is 2.07. The number of anilines is 2. The number of benzene rings is 1. The van der Waals surface area contributed by atoms with E-state index in [9.17, 15) is 9.59 Å². The summed E-state index contributed by atoms with van der Waals surface area (Å²) in [5, 5.41) is 2.83. The second-order valence-electron chi connectivity index (χ2n) is 4.64. The second-order valence-corrected chi connectivity index (χ2v) is 5.69. The molecule has 1 aromatic heterocycles. The number of hydrogen-bond donors (Lipinski definition) is 1. The number of rotatable bonds is 5. The summed E-state index contributed by atoms with van der Waals surface area (Å²) in [6, 6.07) is 10.9. The van der Waals surface area contributed by atoms with Crippen molar-refractivity contribution in [3.63, 3.8) is 0 Å². The van der Waals surface area contributed by atoms with Crippen LogP contribution in [0.15, 0.2) is 53.7 Å². The molecule has 0 unspecified atom stereocenters. The lowest BCUT2D eigenvalue weighted by molar-refractivity contribution is -0.116. The molecular weight excluding hydrogens is 298 g/mol. The fourth-order valence-corrected chi connectivity index (χ4v) is 2.41. The van der Waals surface area contributed by atoms with Gasteiger partial charge in [-0.1, -0.05) is 0 Å². The summed E-state index contributed by atoms with van der Waals surface area (Å²) in [6.45, 7) is 1.51. The van der Waals surface area contributed by atoms with Gasteiger partial charge in [0.1, 0.15) is 0 Å². The topological polar surface area (TPSA) is 62.3 Å². The summed E-state index contributed by atoms with van der Waals surface area (Å²) in [5.74, 6) is 0.221. The first kappa shape index (κ1) is 16.0. The number of hydrogen-bond acceptors (Lipinski definition) is 4. The van der Waals surface area contributed by atoms with E-state index in [0.29, 0.717) is 11.4 Å². The Hall–Kier alpha value is -2.34. The number of thioether (sulfide) groups is 1. The van der Waals surface area contributed by atoms with E-state index >= 15 is 0 Å². The predicted octanol–water partition coefficient (Wildman–Crippen LogP) is 2.80. The second kappa shape index (κ2) is 7.61. The smallest absolute Gasteiger partial charge is 0.234 e. The Morgan fingerprint density at radius 1 is 1.14 bits per heavy atom. The van der Waals surface area contributed by atoms with Crippen LogP contribution in [0.2, 0.25) is 0 Å². The molecule has 6 heteroatoms. The molecule has 0 radical (unpaired) electrons. The fourth-order valence-electron chi connectivity index (χ4n) is 1.73. The first-order valence-electron chi connectivity index (χ1n) is 6.73. The molecule has 2 rings (SSSR count). The van der Waals surface area contributed by atoms with Crippen molar-refractivity contribution in [2.24, 2.45) is 0 Å². The SMILES string of the molecule is CC(=O)N(C)c1ccc(NC(=O)CSc2ccncc2)cc1. The van der Waals surface area contributed by atoms with Crippen molar-refractivity contribution < 1.29 is 9.59 Å². The minimum atomic E-state index is -0.0746. The number of nitrogens with one attached hydrogen (secondary N) is 1. The van der Waals surface area contributed by atoms with Gasteiger partial charge >= 0.3 is 0 Å². The number of carbonyl (C=O) groups is 2. The molecule has 1 aromatic carbocycles. The molecule has 1 heterocycles. The molecule has 0 atom stereocenters. The van der Waals surface area contributed by atoms with Gasteiger partial charge in [0.15, 0.2) is 0 Å². The standard InChI is InChI=1S/C16H17N3O2S/c1-12(20)19(2)14-5-3-13(4-6-14)18-16(21)11-22-15-7-9-17-10-8-15/h3-10H,11H2,1-2H3,(H,18,21). The van der Waals surface area contributed by atoms with Crippen molar-refractivity contribution in [3.05, 3.63) is 48.8 Å². The quantitative estimate of drug-likeness (QED) is 0.862. The Morgan fingerprint density at radius 2 is 1.77 bits per heavy atom. The lowest BCUT2D eigenvalue weighted by atomic mass is 10.2. The molecule has 0 aliphatic carbocycles. The molecule has 0 bridgehead atoms. The Balaban J connectivity index is 1.88. The van der Waals surface area contributed by atoms with Crippen molar-refractivity contribution >= 4 is 35.0 Å². The van der Waals surface area contributed by atoms with Crippen LogP contribution in [0, 0.1) is 0 Å². The zero-order valence-electron chi connectivity index (χ0n) is 12.4. The highest BCUT2D eigenvalue weighted by atomic mass is 32.2. The lowest BCUT2D eigenvalue weighted by Crippen LogP contribution is -2.22. The highest BCUT2D eigenvalue weighted by Crippen LogP contribution is 2.19. The molecular formula is C16H17N3O2S. The van der Waals surface area contributed by atoms with Gasteiger partial charge in [-0.3, -0.25) is 14.6 Å². The van der Waals surface area contributed by atoms with E-state index in [1.165, 1.54) is 18.7 Å². The Kier molecular flexibility index (Phi) is 5.55. The van der Waals surface area contributed by atoms with E-state index in [1.807, 2.05) is 12.1 Å². The predicted molar refractivity (Wildman–Crippen MR) is 89.1 cm³/mol. The van der Waals surface area contributed by atoms with Crippen molar-refractivity contribution in [2.75, 3.05) is 23.0 Å². The summed E-state index contributed by atoms with van der Waals surface area (Å²) in [7, 11) is 1.71. The summed E-state index contributed by atoms with van der Waals surface area (Å²) >= 11 is 1.45. The van der Waals surface area contributed by atoms with E-state index in [2.05, 4.69) is 10.3 Å². The monoisotopic (exact) mass is 315 g/mol. The summed E-state index contributed by atoms with van der Waals surface area (Å²) < 4.78 is 0. The maximum absolute atomic E-state index is 11.9.